The minimum atomic E-state index is -0.623. The summed E-state index contributed by atoms with van der Waals surface area (Å²) in [5.74, 6) is -0.358. The quantitative estimate of drug-likeness (QED) is 0.670. The standard InChI is InChI=1S/C24H29N3O4/c1-16-6-4-5-7-22(16)18-8-10-19(11-9-18)24(30)27-15-20(26-31-3)12-21(27)13-23(29)25-14-17(2)28/h4-11,17,21,28H,12-15H2,1-3H3,(H,25,29)/t17?,21-/m0/s1. The van der Waals surface area contributed by atoms with E-state index in [-0.39, 0.29) is 30.8 Å². The Labute approximate surface area is 182 Å². The fourth-order valence-electron chi connectivity index (χ4n) is 3.79. The van der Waals surface area contributed by atoms with Gasteiger partial charge in [0.25, 0.3) is 5.91 Å². The molecule has 0 saturated carbocycles. The number of hydrogen-bond acceptors (Lipinski definition) is 5. The molecule has 0 aromatic heterocycles. The van der Waals surface area contributed by atoms with Gasteiger partial charge in [0.05, 0.1) is 18.4 Å². The molecule has 1 aliphatic heterocycles. The summed E-state index contributed by atoms with van der Waals surface area (Å²) in [5, 5.41) is 16.1. The number of rotatable bonds is 7. The van der Waals surface area contributed by atoms with Crippen LogP contribution >= 0.6 is 0 Å². The van der Waals surface area contributed by atoms with Crippen LogP contribution in [0, 0.1) is 6.92 Å². The molecule has 0 bridgehead atoms. The second-order valence-electron chi connectivity index (χ2n) is 7.88. The Hall–Kier alpha value is -3.19. The Morgan fingerprint density at radius 3 is 2.58 bits per heavy atom. The minimum Gasteiger partial charge on any atom is -0.399 e. The second kappa shape index (κ2) is 10.2. The van der Waals surface area contributed by atoms with E-state index in [1.165, 1.54) is 12.7 Å². The van der Waals surface area contributed by atoms with Gasteiger partial charge < -0.3 is 20.2 Å². The van der Waals surface area contributed by atoms with E-state index in [1.807, 2.05) is 36.4 Å². The number of hydrogen-bond donors (Lipinski definition) is 2. The maximum Gasteiger partial charge on any atom is 0.254 e. The van der Waals surface area contributed by atoms with Crippen LogP contribution in [-0.2, 0) is 9.63 Å². The Kier molecular flexibility index (Phi) is 7.41. The topological polar surface area (TPSA) is 91.2 Å². The molecule has 2 amide bonds. The number of aliphatic hydroxyl groups excluding tert-OH is 1. The maximum atomic E-state index is 13.2. The van der Waals surface area contributed by atoms with Crippen LogP contribution in [0.2, 0.25) is 0 Å². The van der Waals surface area contributed by atoms with Gasteiger partial charge in [-0.05, 0) is 42.7 Å². The van der Waals surface area contributed by atoms with Crippen molar-refractivity contribution in [2.45, 2.75) is 38.8 Å². The number of oxime groups is 1. The fraction of sp³-hybridized carbons (Fsp3) is 0.375. The average Bonchev–Trinajstić information content (AvgIpc) is 3.14. The van der Waals surface area contributed by atoms with Crippen LogP contribution in [-0.4, -0.2) is 59.9 Å². The maximum absolute atomic E-state index is 13.2. The van der Waals surface area contributed by atoms with Gasteiger partial charge >= 0.3 is 0 Å². The lowest BCUT2D eigenvalue weighted by molar-refractivity contribution is -0.122. The Morgan fingerprint density at radius 2 is 1.94 bits per heavy atom. The predicted octanol–water partition coefficient (Wildman–Crippen LogP) is 2.77. The number of benzene rings is 2. The van der Waals surface area contributed by atoms with E-state index in [1.54, 1.807) is 11.8 Å². The third kappa shape index (κ3) is 5.70. The van der Waals surface area contributed by atoms with Crippen molar-refractivity contribution in [3.05, 3.63) is 59.7 Å². The molecule has 0 radical (unpaired) electrons. The zero-order valence-corrected chi connectivity index (χ0v) is 18.2. The van der Waals surface area contributed by atoms with Crippen molar-refractivity contribution in [1.29, 1.82) is 0 Å². The number of likely N-dealkylation sites (tertiary alicyclic amines) is 1. The van der Waals surface area contributed by atoms with Crippen LogP contribution < -0.4 is 5.32 Å². The number of aliphatic hydroxyl groups is 1. The summed E-state index contributed by atoms with van der Waals surface area (Å²) in [6.07, 6.45) is -0.00602. The average molecular weight is 424 g/mol. The third-order valence-corrected chi connectivity index (χ3v) is 5.35. The molecule has 1 saturated heterocycles. The lowest BCUT2D eigenvalue weighted by Crippen LogP contribution is -2.40. The third-order valence-electron chi connectivity index (χ3n) is 5.35. The molecule has 3 rings (SSSR count). The van der Waals surface area contributed by atoms with E-state index in [0.717, 1.165) is 16.8 Å². The zero-order chi connectivity index (χ0) is 22.4. The molecule has 7 nitrogen and oxygen atoms in total. The van der Waals surface area contributed by atoms with Crippen molar-refractivity contribution in [2.24, 2.45) is 5.16 Å². The Balaban J connectivity index is 1.76. The molecule has 2 aromatic carbocycles. The van der Waals surface area contributed by atoms with Crippen molar-refractivity contribution >= 4 is 17.5 Å². The van der Waals surface area contributed by atoms with Gasteiger partial charge in [0.2, 0.25) is 5.91 Å². The number of amides is 2. The van der Waals surface area contributed by atoms with Gasteiger partial charge in [-0.3, -0.25) is 9.59 Å². The van der Waals surface area contributed by atoms with Crippen LogP contribution in [0.1, 0.15) is 35.7 Å². The highest BCUT2D eigenvalue weighted by Gasteiger charge is 2.35. The summed E-state index contributed by atoms with van der Waals surface area (Å²) in [5.41, 5.74) is 4.63. The van der Waals surface area contributed by atoms with Crippen molar-refractivity contribution in [3.63, 3.8) is 0 Å². The molecule has 0 spiro atoms. The zero-order valence-electron chi connectivity index (χ0n) is 18.2. The summed E-state index contributed by atoms with van der Waals surface area (Å²) in [7, 11) is 1.46. The number of nitrogens with one attached hydrogen (secondary N) is 1. The summed E-state index contributed by atoms with van der Waals surface area (Å²) < 4.78 is 0. The normalized spacial score (nSPS) is 18.1. The molecule has 2 atom stereocenters. The molecule has 1 unspecified atom stereocenters. The molecule has 1 aliphatic rings. The highest BCUT2D eigenvalue weighted by atomic mass is 16.6. The molecule has 0 aliphatic carbocycles. The molecule has 2 aromatic rings. The Morgan fingerprint density at radius 1 is 1.23 bits per heavy atom. The van der Waals surface area contributed by atoms with E-state index < -0.39 is 6.10 Å². The highest BCUT2D eigenvalue weighted by Crippen LogP contribution is 2.26. The van der Waals surface area contributed by atoms with Gasteiger partial charge in [0.15, 0.2) is 0 Å². The van der Waals surface area contributed by atoms with E-state index >= 15 is 0 Å². The second-order valence-corrected chi connectivity index (χ2v) is 7.88. The highest BCUT2D eigenvalue weighted by molar-refractivity contribution is 6.01. The van der Waals surface area contributed by atoms with Crippen molar-refractivity contribution < 1.29 is 19.5 Å². The molecular weight excluding hydrogens is 394 g/mol. The lowest BCUT2D eigenvalue weighted by Gasteiger charge is -2.24. The molecule has 7 heteroatoms. The molecular formula is C24H29N3O4. The first-order chi connectivity index (χ1) is 14.9. The molecule has 164 valence electrons. The van der Waals surface area contributed by atoms with Crippen LogP contribution in [0.3, 0.4) is 0 Å². The van der Waals surface area contributed by atoms with E-state index in [4.69, 9.17) is 4.84 Å². The SMILES string of the molecule is CON=C1C[C@@H](CC(=O)NCC(C)O)N(C(=O)c2ccc(-c3ccccc3C)cc2)C1. The van der Waals surface area contributed by atoms with Crippen molar-refractivity contribution in [3.8, 4) is 11.1 Å². The summed E-state index contributed by atoms with van der Waals surface area (Å²) in [4.78, 5) is 32.1. The van der Waals surface area contributed by atoms with Crippen molar-refractivity contribution in [2.75, 3.05) is 20.2 Å². The van der Waals surface area contributed by atoms with E-state index in [0.29, 0.717) is 18.5 Å². The Bertz CT molecular complexity index is 954. The van der Waals surface area contributed by atoms with E-state index in [2.05, 4.69) is 29.5 Å². The van der Waals surface area contributed by atoms with E-state index in [9.17, 15) is 14.7 Å². The number of aryl methyl sites for hydroxylation is 1. The molecule has 31 heavy (non-hydrogen) atoms. The summed E-state index contributed by atoms with van der Waals surface area (Å²) in [6.45, 7) is 4.16. The first kappa shape index (κ1) is 22.5. The van der Waals surface area contributed by atoms with Gasteiger partial charge in [0.1, 0.15) is 7.11 Å². The smallest absolute Gasteiger partial charge is 0.254 e. The minimum absolute atomic E-state index is 0.141. The number of nitrogens with zero attached hydrogens (tertiary/aromatic N) is 2. The van der Waals surface area contributed by atoms with Crippen LogP contribution in [0.5, 0.6) is 0 Å². The number of carbonyl (C=O) groups excluding carboxylic acids is 2. The van der Waals surface area contributed by atoms with Crippen molar-refractivity contribution in [1.82, 2.24) is 10.2 Å². The molecule has 2 N–H and O–H groups in total. The lowest BCUT2D eigenvalue weighted by atomic mass is 9.99. The van der Waals surface area contributed by atoms with Gasteiger partial charge in [-0.15, -0.1) is 0 Å². The van der Waals surface area contributed by atoms with Gasteiger partial charge in [-0.2, -0.15) is 0 Å². The summed E-state index contributed by atoms with van der Waals surface area (Å²) in [6, 6.07) is 15.3. The van der Waals surface area contributed by atoms with Gasteiger partial charge in [-0.1, -0.05) is 41.6 Å². The first-order valence-electron chi connectivity index (χ1n) is 10.4. The summed E-state index contributed by atoms with van der Waals surface area (Å²) >= 11 is 0. The van der Waals surface area contributed by atoms with Crippen LogP contribution in [0.15, 0.2) is 53.7 Å². The monoisotopic (exact) mass is 423 g/mol. The van der Waals surface area contributed by atoms with Crippen LogP contribution in [0.25, 0.3) is 11.1 Å². The largest absolute Gasteiger partial charge is 0.399 e. The van der Waals surface area contributed by atoms with Gasteiger partial charge in [-0.25, -0.2) is 0 Å². The first-order valence-corrected chi connectivity index (χ1v) is 10.4. The molecule has 1 heterocycles. The molecule has 1 fully saturated rings. The fourth-order valence-corrected chi connectivity index (χ4v) is 3.79. The number of carbonyl (C=O) groups is 2. The predicted molar refractivity (Wildman–Crippen MR) is 120 cm³/mol. The van der Waals surface area contributed by atoms with Gasteiger partial charge in [0, 0.05) is 31.0 Å². The van der Waals surface area contributed by atoms with Crippen LogP contribution in [0.4, 0.5) is 0 Å².